The number of aromatic hydroxyl groups is 1. The van der Waals surface area contributed by atoms with Crippen molar-refractivity contribution in [3.05, 3.63) is 96.6 Å². The Kier molecular flexibility index (Phi) is 16.9. The van der Waals surface area contributed by atoms with Crippen molar-refractivity contribution < 1.29 is 55.6 Å². The second-order valence-corrected chi connectivity index (χ2v) is 8.44. The SMILES string of the molecule is C=CCCBr.C=CCCOC(=O)c1ccc(C(F)(F)F)c(OCCC=C)c1.O=C(O)c1ccc(C(F)(F)F)c(O)c1. The Bertz CT molecular complexity index is 1160. The van der Waals surface area contributed by atoms with E-state index in [1.54, 1.807) is 6.08 Å². The number of phenolic OH excluding ortho intramolecular Hbond substituents is 1. The zero-order valence-corrected chi connectivity index (χ0v) is 23.3. The molecular formula is C28H29BrF6O6. The van der Waals surface area contributed by atoms with Crippen molar-refractivity contribution >= 4 is 27.9 Å². The first-order valence-electron chi connectivity index (χ1n) is 11.7. The summed E-state index contributed by atoms with van der Waals surface area (Å²) in [4.78, 5) is 22.1. The quantitative estimate of drug-likeness (QED) is 0.0830. The molecule has 2 rings (SSSR count). The highest BCUT2D eigenvalue weighted by molar-refractivity contribution is 9.09. The zero-order chi connectivity index (χ0) is 31.6. The van der Waals surface area contributed by atoms with Crippen LogP contribution in [0, 0.1) is 0 Å². The lowest BCUT2D eigenvalue weighted by Crippen LogP contribution is -2.12. The maximum absolute atomic E-state index is 12.9. The Morgan fingerprint density at radius 2 is 1.32 bits per heavy atom. The minimum Gasteiger partial charge on any atom is -0.507 e. The lowest BCUT2D eigenvalue weighted by molar-refractivity contribution is -0.139. The molecule has 0 amide bonds. The van der Waals surface area contributed by atoms with Crippen molar-refractivity contribution in [2.45, 2.75) is 31.6 Å². The van der Waals surface area contributed by atoms with Crippen molar-refractivity contribution in [2.75, 3.05) is 18.5 Å². The standard InChI is InChI=1S/C16H17F3O3.C8H5F3O3.C4H7Br/c1-3-5-9-21-14-11-12(15(20)22-10-6-4-2)7-8-13(14)16(17,18)19;9-8(10,11)5-2-1-4(7(13)14)3-6(5)12;1-2-3-4-5/h3-4,7-8,11H,1-2,5-6,9-10H2;1-3,12H,(H,13,14);2H,1,3-4H2. The highest BCUT2D eigenvalue weighted by Gasteiger charge is 2.35. The van der Waals surface area contributed by atoms with Crippen molar-refractivity contribution in [1.82, 2.24) is 0 Å². The number of hydrogen-bond acceptors (Lipinski definition) is 5. The second kappa shape index (κ2) is 18.6. The lowest BCUT2D eigenvalue weighted by atomic mass is 10.1. The van der Waals surface area contributed by atoms with Gasteiger partial charge in [-0.15, -0.1) is 19.7 Å². The number of carboxylic acids is 1. The maximum Gasteiger partial charge on any atom is 0.419 e. The summed E-state index contributed by atoms with van der Waals surface area (Å²) in [6, 6.07) is 4.80. The van der Waals surface area contributed by atoms with Gasteiger partial charge in [-0.1, -0.05) is 34.2 Å². The summed E-state index contributed by atoms with van der Waals surface area (Å²) in [5.41, 5.74) is -2.57. The summed E-state index contributed by atoms with van der Waals surface area (Å²) >= 11 is 3.24. The summed E-state index contributed by atoms with van der Waals surface area (Å²) in [6.45, 7) is 10.6. The fraction of sp³-hybridized carbons (Fsp3) is 0.286. The molecule has 6 nitrogen and oxygen atoms in total. The zero-order valence-electron chi connectivity index (χ0n) is 21.7. The summed E-state index contributed by atoms with van der Waals surface area (Å²) in [5, 5.41) is 18.3. The van der Waals surface area contributed by atoms with Crippen LogP contribution in [0.4, 0.5) is 26.3 Å². The lowest BCUT2D eigenvalue weighted by Gasteiger charge is -2.14. The molecule has 0 saturated heterocycles. The number of ether oxygens (including phenoxy) is 2. The molecule has 0 aromatic heterocycles. The third-order valence-corrected chi connectivity index (χ3v) is 4.98. The summed E-state index contributed by atoms with van der Waals surface area (Å²) in [7, 11) is 0. The number of aromatic carboxylic acids is 1. The molecule has 0 aliphatic carbocycles. The largest absolute Gasteiger partial charge is 0.507 e. The maximum atomic E-state index is 12.9. The number of carboxylic acid groups (broad SMARTS) is 1. The van der Waals surface area contributed by atoms with Crippen LogP contribution in [0.2, 0.25) is 0 Å². The van der Waals surface area contributed by atoms with Crippen molar-refractivity contribution in [3.63, 3.8) is 0 Å². The molecule has 13 heteroatoms. The van der Waals surface area contributed by atoms with Crippen LogP contribution in [-0.4, -0.2) is 40.7 Å². The minimum atomic E-state index is -4.68. The van der Waals surface area contributed by atoms with Gasteiger partial charge in [0.05, 0.1) is 35.5 Å². The van der Waals surface area contributed by atoms with Gasteiger partial charge < -0.3 is 19.7 Å². The number of benzene rings is 2. The Balaban J connectivity index is 0.000000715. The van der Waals surface area contributed by atoms with Gasteiger partial charge in [0.15, 0.2) is 0 Å². The third kappa shape index (κ3) is 14.5. The van der Waals surface area contributed by atoms with E-state index in [1.807, 2.05) is 6.08 Å². The monoisotopic (exact) mass is 654 g/mol. The molecule has 0 spiro atoms. The van der Waals surface area contributed by atoms with E-state index in [0.29, 0.717) is 25.0 Å². The summed E-state index contributed by atoms with van der Waals surface area (Å²) in [5.74, 6) is -3.58. The van der Waals surface area contributed by atoms with Crippen LogP contribution in [-0.2, 0) is 17.1 Å². The van der Waals surface area contributed by atoms with Crippen LogP contribution in [0.15, 0.2) is 74.4 Å². The Morgan fingerprint density at radius 3 is 1.76 bits per heavy atom. The van der Waals surface area contributed by atoms with Gasteiger partial charge in [-0.25, -0.2) is 9.59 Å². The van der Waals surface area contributed by atoms with E-state index in [0.717, 1.165) is 36.0 Å². The van der Waals surface area contributed by atoms with Crippen LogP contribution in [0.3, 0.4) is 0 Å². The number of carbonyl (C=O) groups is 2. The van der Waals surface area contributed by atoms with Gasteiger partial charge in [0.1, 0.15) is 11.5 Å². The predicted octanol–water partition coefficient (Wildman–Crippen LogP) is 8.46. The highest BCUT2D eigenvalue weighted by atomic mass is 79.9. The average molecular weight is 655 g/mol. The minimum absolute atomic E-state index is 0.00525. The van der Waals surface area contributed by atoms with E-state index < -0.39 is 52.5 Å². The summed E-state index contributed by atoms with van der Waals surface area (Å²) in [6.07, 6.45) is -2.32. The molecule has 0 aliphatic rings. The van der Waals surface area contributed by atoms with E-state index >= 15 is 0 Å². The Hall–Kier alpha value is -3.74. The molecule has 226 valence electrons. The van der Waals surface area contributed by atoms with Crippen LogP contribution in [0.25, 0.3) is 0 Å². The van der Waals surface area contributed by atoms with Gasteiger partial charge in [0, 0.05) is 5.33 Å². The van der Waals surface area contributed by atoms with Crippen LogP contribution in [0.5, 0.6) is 11.5 Å². The number of carbonyl (C=O) groups excluding carboxylic acids is 1. The Labute approximate surface area is 241 Å². The first-order chi connectivity index (χ1) is 19.1. The fourth-order valence-corrected chi connectivity index (χ4v) is 2.88. The highest BCUT2D eigenvalue weighted by Crippen LogP contribution is 2.37. The van der Waals surface area contributed by atoms with Gasteiger partial charge >= 0.3 is 24.3 Å². The number of rotatable bonds is 11. The number of hydrogen-bond donors (Lipinski definition) is 2. The molecular weight excluding hydrogens is 626 g/mol. The average Bonchev–Trinajstić information content (AvgIpc) is 2.88. The normalized spacial score (nSPS) is 10.6. The topological polar surface area (TPSA) is 93.1 Å². The number of esters is 1. The van der Waals surface area contributed by atoms with Crippen molar-refractivity contribution in [1.29, 1.82) is 0 Å². The first-order valence-corrected chi connectivity index (χ1v) is 12.8. The van der Waals surface area contributed by atoms with E-state index in [1.165, 1.54) is 6.08 Å². The number of alkyl halides is 7. The molecule has 2 aromatic rings. The van der Waals surface area contributed by atoms with Crippen molar-refractivity contribution in [3.8, 4) is 11.5 Å². The van der Waals surface area contributed by atoms with E-state index in [4.69, 9.17) is 19.7 Å². The Morgan fingerprint density at radius 1 is 0.805 bits per heavy atom. The van der Waals surface area contributed by atoms with Gasteiger partial charge in [-0.05, 0) is 55.7 Å². The van der Waals surface area contributed by atoms with Gasteiger partial charge in [-0.3, -0.25) is 0 Å². The van der Waals surface area contributed by atoms with Crippen LogP contribution >= 0.6 is 15.9 Å². The molecule has 0 unspecified atom stereocenters. The smallest absolute Gasteiger partial charge is 0.419 e. The molecule has 0 atom stereocenters. The van der Waals surface area contributed by atoms with Gasteiger partial charge in [-0.2, -0.15) is 26.3 Å². The number of halogens is 7. The second-order valence-electron chi connectivity index (χ2n) is 7.65. The van der Waals surface area contributed by atoms with Crippen LogP contribution < -0.4 is 4.74 Å². The fourth-order valence-electron chi connectivity index (χ4n) is 2.55. The predicted molar refractivity (Wildman–Crippen MR) is 146 cm³/mol. The molecule has 0 bridgehead atoms. The van der Waals surface area contributed by atoms with E-state index in [9.17, 15) is 35.9 Å². The van der Waals surface area contributed by atoms with Gasteiger partial charge in [0.25, 0.3) is 0 Å². The van der Waals surface area contributed by atoms with Crippen LogP contribution in [0.1, 0.15) is 51.1 Å². The molecule has 0 fully saturated rings. The van der Waals surface area contributed by atoms with Gasteiger partial charge in [0.2, 0.25) is 0 Å². The number of phenols is 1. The number of allylic oxidation sites excluding steroid dienone is 1. The van der Waals surface area contributed by atoms with Crippen molar-refractivity contribution in [2.24, 2.45) is 0 Å². The molecule has 0 saturated carbocycles. The molecule has 0 radical (unpaired) electrons. The summed E-state index contributed by atoms with van der Waals surface area (Å²) < 4.78 is 85.0. The molecule has 41 heavy (non-hydrogen) atoms. The molecule has 0 aliphatic heterocycles. The molecule has 2 N–H and O–H groups in total. The first kappa shape index (κ1) is 37.3. The molecule has 2 aromatic carbocycles. The van der Waals surface area contributed by atoms with E-state index in [-0.39, 0.29) is 18.8 Å². The molecule has 0 heterocycles. The van der Waals surface area contributed by atoms with E-state index in [2.05, 4.69) is 35.7 Å². The third-order valence-electron chi connectivity index (χ3n) is 4.52.